The summed E-state index contributed by atoms with van der Waals surface area (Å²) in [6.45, 7) is 2.12. The quantitative estimate of drug-likeness (QED) is 0.778. The molecular weight excluding hydrogens is 284 g/mol. The maximum absolute atomic E-state index is 4.64. The van der Waals surface area contributed by atoms with Gasteiger partial charge >= 0.3 is 0 Å². The third-order valence-corrected chi connectivity index (χ3v) is 3.95. The van der Waals surface area contributed by atoms with Crippen LogP contribution in [0.5, 0.6) is 0 Å². The van der Waals surface area contributed by atoms with E-state index in [9.17, 15) is 0 Å². The van der Waals surface area contributed by atoms with Crippen molar-refractivity contribution in [3.05, 3.63) is 32.8 Å². The molecule has 0 saturated heterocycles. The van der Waals surface area contributed by atoms with E-state index < -0.39 is 0 Å². The Morgan fingerprint density at radius 1 is 1.31 bits per heavy atom. The topological polar surface area (TPSA) is 25.8 Å². The molecule has 0 atom stereocenters. The summed E-state index contributed by atoms with van der Waals surface area (Å²) < 4.78 is 0.892. The Kier molecular flexibility index (Phi) is 2.56. The van der Waals surface area contributed by atoms with Crippen LogP contribution in [0.3, 0.4) is 0 Å². The fourth-order valence-electron chi connectivity index (χ4n) is 1.68. The zero-order valence-electron chi connectivity index (χ0n) is 8.90. The summed E-state index contributed by atoms with van der Waals surface area (Å²) in [5.41, 5.74) is 2.24. The summed E-state index contributed by atoms with van der Waals surface area (Å²) >= 11 is 5.22. The Hall–Kier alpha value is -0.740. The van der Waals surface area contributed by atoms with Gasteiger partial charge in [0.05, 0.1) is 5.69 Å². The molecule has 2 aromatic heterocycles. The molecule has 1 aliphatic carbocycles. The Morgan fingerprint density at radius 3 is 2.75 bits per heavy atom. The van der Waals surface area contributed by atoms with Gasteiger partial charge in [-0.3, -0.25) is 0 Å². The van der Waals surface area contributed by atoms with Crippen LogP contribution in [0.2, 0.25) is 0 Å². The summed E-state index contributed by atoms with van der Waals surface area (Å²) in [7, 11) is 0. The van der Waals surface area contributed by atoms with E-state index in [2.05, 4.69) is 44.3 Å². The number of aromatic nitrogens is 2. The monoisotopic (exact) mass is 294 g/mol. The number of aryl methyl sites for hydroxylation is 1. The van der Waals surface area contributed by atoms with Gasteiger partial charge in [0.2, 0.25) is 0 Å². The summed E-state index contributed by atoms with van der Waals surface area (Å²) in [5, 5.41) is 2.15. The lowest BCUT2D eigenvalue weighted by molar-refractivity contribution is 0.919. The highest BCUT2D eigenvalue weighted by molar-refractivity contribution is 9.10. The Labute approximate surface area is 107 Å². The second-order valence-electron chi connectivity index (χ2n) is 4.15. The molecule has 16 heavy (non-hydrogen) atoms. The predicted molar refractivity (Wildman–Crippen MR) is 69.8 cm³/mol. The van der Waals surface area contributed by atoms with E-state index in [-0.39, 0.29) is 0 Å². The lowest BCUT2D eigenvalue weighted by atomic mass is 10.2. The van der Waals surface area contributed by atoms with Gasteiger partial charge in [-0.25, -0.2) is 9.97 Å². The van der Waals surface area contributed by atoms with Gasteiger partial charge in [-0.15, -0.1) is 11.3 Å². The smallest absolute Gasteiger partial charge is 0.133 e. The highest BCUT2D eigenvalue weighted by Gasteiger charge is 2.27. The van der Waals surface area contributed by atoms with Crippen LogP contribution in [0.4, 0.5) is 0 Å². The standard InChI is InChI=1S/C12H11BrN2S/c1-7-4-9(6-16-7)10-5-11(13)15-12(14-10)8-2-3-8/h4-6,8H,2-3H2,1H3. The van der Waals surface area contributed by atoms with Crippen LogP contribution < -0.4 is 0 Å². The molecular formula is C12H11BrN2S. The molecule has 0 unspecified atom stereocenters. The molecule has 0 bridgehead atoms. The fraction of sp³-hybridized carbons (Fsp3) is 0.333. The first-order chi connectivity index (χ1) is 7.72. The second-order valence-corrected chi connectivity index (χ2v) is 6.08. The van der Waals surface area contributed by atoms with Gasteiger partial charge in [-0.05, 0) is 47.8 Å². The van der Waals surface area contributed by atoms with Crippen molar-refractivity contribution in [1.82, 2.24) is 9.97 Å². The lowest BCUT2D eigenvalue weighted by Gasteiger charge is -2.02. The van der Waals surface area contributed by atoms with Gasteiger partial charge in [-0.2, -0.15) is 0 Å². The lowest BCUT2D eigenvalue weighted by Crippen LogP contribution is -1.94. The molecule has 0 aliphatic heterocycles. The maximum atomic E-state index is 4.64. The van der Waals surface area contributed by atoms with Gasteiger partial charge in [0, 0.05) is 21.7 Å². The predicted octanol–water partition coefficient (Wildman–Crippen LogP) is 4.15. The molecule has 3 rings (SSSR count). The Morgan fingerprint density at radius 2 is 2.12 bits per heavy atom. The molecule has 0 amide bonds. The number of thiophene rings is 1. The molecule has 0 N–H and O–H groups in total. The first-order valence-corrected chi connectivity index (χ1v) is 6.99. The molecule has 2 heterocycles. The molecule has 2 nitrogen and oxygen atoms in total. The number of hydrogen-bond acceptors (Lipinski definition) is 3. The summed E-state index contributed by atoms with van der Waals surface area (Å²) in [6, 6.07) is 4.17. The molecule has 2 aromatic rings. The van der Waals surface area contributed by atoms with E-state index >= 15 is 0 Å². The van der Waals surface area contributed by atoms with Crippen LogP contribution in [0.1, 0.15) is 29.5 Å². The van der Waals surface area contributed by atoms with E-state index in [1.807, 2.05) is 6.07 Å². The van der Waals surface area contributed by atoms with E-state index in [1.54, 1.807) is 11.3 Å². The van der Waals surface area contributed by atoms with Gasteiger partial charge < -0.3 is 0 Å². The SMILES string of the molecule is Cc1cc(-c2cc(Br)nc(C3CC3)n2)cs1. The minimum atomic E-state index is 0.594. The Bertz CT molecular complexity index is 532. The van der Waals surface area contributed by atoms with Gasteiger partial charge in [0.25, 0.3) is 0 Å². The van der Waals surface area contributed by atoms with Crippen molar-refractivity contribution >= 4 is 27.3 Å². The number of hydrogen-bond donors (Lipinski definition) is 0. The molecule has 1 fully saturated rings. The highest BCUT2D eigenvalue weighted by atomic mass is 79.9. The molecule has 4 heteroatoms. The average molecular weight is 295 g/mol. The third-order valence-electron chi connectivity index (χ3n) is 2.68. The molecule has 0 radical (unpaired) electrons. The van der Waals surface area contributed by atoms with Crippen LogP contribution in [0.15, 0.2) is 22.1 Å². The summed E-state index contributed by atoms with van der Waals surface area (Å²) in [6.07, 6.45) is 2.47. The van der Waals surface area contributed by atoms with Crippen LogP contribution in [-0.2, 0) is 0 Å². The summed E-state index contributed by atoms with van der Waals surface area (Å²) in [5.74, 6) is 1.59. The molecule has 1 saturated carbocycles. The molecule has 0 spiro atoms. The van der Waals surface area contributed by atoms with Crippen molar-refractivity contribution in [1.29, 1.82) is 0 Å². The maximum Gasteiger partial charge on any atom is 0.133 e. The molecule has 82 valence electrons. The van der Waals surface area contributed by atoms with Crippen LogP contribution in [-0.4, -0.2) is 9.97 Å². The number of rotatable bonds is 2. The number of halogens is 1. The van der Waals surface area contributed by atoms with Crippen molar-refractivity contribution in [3.8, 4) is 11.3 Å². The zero-order valence-corrected chi connectivity index (χ0v) is 11.3. The minimum absolute atomic E-state index is 0.594. The van der Waals surface area contributed by atoms with Crippen LogP contribution in [0.25, 0.3) is 11.3 Å². The van der Waals surface area contributed by atoms with E-state index in [4.69, 9.17) is 0 Å². The first-order valence-electron chi connectivity index (χ1n) is 5.32. The van der Waals surface area contributed by atoms with E-state index in [0.717, 1.165) is 16.1 Å². The fourth-order valence-corrected chi connectivity index (χ4v) is 2.78. The van der Waals surface area contributed by atoms with Crippen molar-refractivity contribution in [2.75, 3.05) is 0 Å². The Balaban J connectivity index is 2.06. The van der Waals surface area contributed by atoms with Crippen molar-refractivity contribution in [3.63, 3.8) is 0 Å². The second kappa shape index (κ2) is 3.93. The van der Waals surface area contributed by atoms with Gasteiger partial charge in [0.15, 0.2) is 0 Å². The average Bonchev–Trinajstić information content (AvgIpc) is 3.01. The largest absolute Gasteiger partial charge is 0.232 e. The zero-order chi connectivity index (χ0) is 11.1. The van der Waals surface area contributed by atoms with Crippen LogP contribution >= 0.6 is 27.3 Å². The van der Waals surface area contributed by atoms with Crippen LogP contribution in [0, 0.1) is 6.92 Å². The highest BCUT2D eigenvalue weighted by Crippen LogP contribution is 2.39. The van der Waals surface area contributed by atoms with Crippen molar-refractivity contribution < 1.29 is 0 Å². The normalized spacial score (nSPS) is 15.4. The van der Waals surface area contributed by atoms with Gasteiger partial charge in [0.1, 0.15) is 10.4 Å². The molecule has 1 aliphatic rings. The van der Waals surface area contributed by atoms with E-state index in [0.29, 0.717) is 5.92 Å². The third kappa shape index (κ3) is 2.04. The van der Waals surface area contributed by atoms with Gasteiger partial charge in [-0.1, -0.05) is 0 Å². The first kappa shape index (κ1) is 10.4. The van der Waals surface area contributed by atoms with Crippen molar-refractivity contribution in [2.45, 2.75) is 25.7 Å². The molecule has 0 aromatic carbocycles. The number of nitrogens with zero attached hydrogens (tertiary/aromatic N) is 2. The minimum Gasteiger partial charge on any atom is -0.232 e. The van der Waals surface area contributed by atoms with Crippen molar-refractivity contribution in [2.24, 2.45) is 0 Å². The summed E-state index contributed by atoms with van der Waals surface area (Å²) in [4.78, 5) is 10.4. The van der Waals surface area contributed by atoms with E-state index in [1.165, 1.54) is 23.3 Å².